The summed E-state index contributed by atoms with van der Waals surface area (Å²) in [4.78, 5) is 10.9. The van der Waals surface area contributed by atoms with Crippen LogP contribution in [0.4, 0.5) is 5.69 Å². The zero-order valence-electron chi connectivity index (χ0n) is 11.9. The highest BCUT2D eigenvalue weighted by atomic mass is 16.5. The number of rotatable bonds is 5. The summed E-state index contributed by atoms with van der Waals surface area (Å²) in [6.07, 6.45) is 0. The van der Waals surface area contributed by atoms with Gasteiger partial charge in [-0.3, -0.25) is 0 Å². The number of nitrogens with one attached hydrogen (secondary N) is 1. The summed E-state index contributed by atoms with van der Waals surface area (Å²) in [7, 11) is 1.57. The first-order valence-electron chi connectivity index (χ1n) is 6.45. The topological polar surface area (TPSA) is 78.8 Å². The molecule has 2 aromatic carbocycles. The summed E-state index contributed by atoms with van der Waals surface area (Å²) in [5.74, 6) is -0.0965. The lowest BCUT2D eigenvalue weighted by atomic mass is 10.1. The van der Waals surface area contributed by atoms with Gasteiger partial charge in [0.15, 0.2) is 0 Å². The Bertz CT molecular complexity index is 667. The van der Waals surface area contributed by atoms with Crippen LogP contribution in [0.25, 0.3) is 0 Å². The second-order valence-electron chi connectivity index (χ2n) is 4.68. The number of aromatic carboxylic acids is 1. The van der Waals surface area contributed by atoms with E-state index in [1.807, 2.05) is 6.92 Å². The molecule has 0 fully saturated rings. The molecule has 0 aliphatic heterocycles. The Kier molecular flexibility index (Phi) is 4.33. The average molecular weight is 287 g/mol. The molecule has 0 aromatic heterocycles. The summed E-state index contributed by atoms with van der Waals surface area (Å²) in [6.45, 7) is 2.25. The number of carboxylic acid groups (broad SMARTS) is 1. The van der Waals surface area contributed by atoms with E-state index >= 15 is 0 Å². The van der Waals surface area contributed by atoms with Gasteiger partial charge in [-0.15, -0.1) is 0 Å². The van der Waals surface area contributed by atoms with Crippen LogP contribution in [0.3, 0.4) is 0 Å². The van der Waals surface area contributed by atoms with Crippen molar-refractivity contribution in [3.05, 3.63) is 53.1 Å². The Balaban J connectivity index is 2.15. The van der Waals surface area contributed by atoms with Gasteiger partial charge in [0, 0.05) is 17.8 Å². The molecule has 0 atom stereocenters. The van der Waals surface area contributed by atoms with Gasteiger partial charge in [0.05, 0.1) is 12.7 Å². The molecular formula is C16H17NO4. The molecule has 0 radical (unpaired) electrons. The summed E-state index contributed by atoms with van der Waals surface area (Å²) < 4.78 is 5.12. The van der Waals surface area contributed by atoms with Crippen molar-refractivity contribution < 1.29 is 19.7 Å². The van der Waals surface area contributed by atoms with Crippen molar-refractivity contribution in [1.29, 1.82) is 0 Å². The number of anilines is 1. The maximum Gasteiger partial charge on any atom is 0.335 e. The van der Waals surface area contributed by atoms with Gasteiger partial charge < -0.3 is 20.3 Å². The lowest BCUT2D eigenvalue weighted by Crippen LogP contribution is -2.03. The van der Waals surface area contributed by atoms with Crippen LogP contribution in [0.15, 0.2) is 36.4 Å². The normalized spacial score (nSPS) is 10.2. The molecule has 0 saturated carbocycles. The Labute approximate surface area is 122 Å². The predicted octanol–water partition coefficient (Wildman–Crippen LogP) is 3.02. The van der Waals surface area contributed by atoms with Gasteiger partial charge >= 0.3 is 5.97 Å². The minimum atomic E-state index is -0.949. The van der Waals surface area contributed by atoms with Gasteiger partial charge in [0.2, 0.25) is 0 Å². The lowest BCUT2D eigenvalue weighted by Gasteiger charge is -2.12. The number of phenolic OH excluding ortho intramolecular Hbond substituents is 1. The summed E-state index contributed by atoms with van der Waals surface area (Å²) in [5, 5.41) is 21.9. The van der Waals surface area contributed by atoms with E-state index < -0.39 is 5.97 Å². The largest absolute Gasteiger partial charge is 0.508 e. The number of carbonyl (C=O) groups is 1. The van der Waals surface area contributed by atoms with Gasteiger partial charge in [-0.1, -0.05) is 0 Å². The Morgan fingerprint density at radius 2 is 2.00 bits per heavy atom. The molecule has 0 aliphatic rings. The smallest absolute Gasteiger partial charge is 0.335 e. The molecule has 0 aliphatic carbocycles. The van der Waals surface area contributed by atoms with E-state index in [4.69, 9.17) is 9.84 Å². The number of aryl methyl sites for hydroxylation is 1. The Morgan fingerprint density at radius 3 is 2.62 bits per heavy atom. The average Bonchev–Trinajstić information content (AvgIpc) is 2.47. The molecule has 0 bridgehead atoms. The number of carboxylic acids is 1. The Hall–Kier alpha value is -2.69. The quantitative estimate of drug-likeness (QED) is 0.787. The van der Waals surface area contributed by atoms with Crippen LogP contribution in [-0.4, -0.2) is 23.3 Å². The molecule has 0 spiro atoms. The molecule has 3 N–H and O–H groups in total. The van der Waals surface area contributed by atoms with Crippen LogP contribution < -0.4 is 10.1 Å². The number of hydrogen-bond acceptors (Lipinski definition) is 4. The van der Waals surface area contributed by atoms with Crippen LogP contribution in [0.1, 0.15) is 21.5 Å². The summed E-state index contributed by atoms with van der Waals surface area (Å²) in [5.41, 5.74) is 2.61. The third-order valence-electron chi connectivity index (χ3n) is 3.23. The van der Waals surface area contributed by atoms with E-state index in [9.17, 15) is 9.90 Å². The summed E-state index contributed by atoms with van der Waals surface area (Å²) in [6, 6.07) is 9.89. The molecule has 5 heteroatoms. The number of benzene rings is 2. The van der Waals surface area contributed by atoms with Gasteiger partial charge in [-0.2, -0.15) is 0 Å². The third kappa shape index (κ3) is 3.45. The monoisotopic (exact) mass is 287 g/mol. The maximum absolute atomic E-state index is 10.9. The highest BCUT2D eigenvalue weighted by Gasteiger charge is 2.07. The molecular weight excluding hydrogens is 270 g/mol. The molecule has 0 unspecified atom stereocenters. The predicted molar refractivity (Wildman–Crippen MR) is 80.1 cm³/mol. The SMILES string of the molecule is COc1ccc(O)c(CNc2ccc(C(=O)O)cc2C)c1. The number of hydrogen-bond donors (Lipinski definition) is 3. The highest BCUT2D eigenvalue weighted by molar-refractivity contribution is 5.88. The van der Waals surface area contributed by atoms with E-state index in [1.54, 1.807) is 43.5 Å². The maximum atomic E-state index is 10.9. The van der Waals surface area contributed by atoms with Crippen molar-refractivity contribution in [2.45, 2.75) is 13.5 Å². The minimum absolute atomic E-state index is 0.183. The standard InChI is InChI=1S/C16H17NO4/c1-10-7-11(16(19)20)3-5-14(10)17-9-12-8-13(21-2)4-6-15(12)18/h3-8,17-18H,9H2,1-2H3,(H,19,20). The van der Waals surface area contributed by atoms with Gasteiger partial charge in [0.1, 0.15) is 11.5 Å². The Morgan fingerprint density at radius 1 is 1.24 bits per heavy atom. The molecule has 21 heavy (non-hydrogen) atoms. The fraction of sp³-hybridized carbons (Fsp3) is 0.188. The first-order valence-corrected chi connectivity index (χ1v) is 6.45. The summed E-state index contributed by atoms with van der Waals surface area (Å²) >= 11 is 0. The highest BCUT2D eigenvalue weighted by Crippen LogP contribution is 2.24. The van der Waals surface area contributed by atoms with Crippen LogP contribution in [0.2, 0.25) is 0 Å². The fourth-order valence-corrected chi connectivity index (χ4v) is 2.02. The zero-order valence-corrected chi connectivity index (χ0v) is 11.9. The van der Waals surface area contributed by atoms with E-state index in [-0.39, 0.29) is 11.3 Å². The van der Waals surface area contributed by atoms with Crippen molar-refractivity contribution >= 4 is 11.7 Å². The van der Waals surface area contributed by atoms with Gasteiger partial charge in [0.25, 0.3) is 0 Å². The van der Waals surface area contributed by atoms with Crippen LogP contribution in [0.5, 0.6) is 11.5 Å². The van der Waals surface area contributed by atoms with Crippen LogP contribution in [0, 0.1) is 6.92 Å². The van der Waals surface area contributed by atoms with Crippen molar-refractivity contribution in [3.8, 4) is 11.5 Å². The first kappa shape index (κ1) is 14.7. The number of ether oxygens (including phenoxy) is 1. The van der Waals surface area contributed by atoms with E-state index in [1.165, 1.54) is 0 Å². The van der Waals surface area contributed by atoms with E-state index in [0.29, 0.717) is 17.9 Å². The van der Waals surface area contributed by atoms with Crippen molar-refractivity contribution in [1.82, 2.24) is 0 Å². The van der Waals surface area contributed by atoms with Gasteiger partial charge in [-0.05, 0) is 48.9 Å². The van der Waals surface area contributed by atoms with E-state index in [2.05, 4.69) is 5.32 Å². The van der Waals surface area contributed by atoms with Crippen molar-refractivity contribution in [3.63, 3.8) is 0 Å². The minimum Gasteiger partial charge on any atom is -0.508 e. The number of methoxy groups -OCH3 is 1. The van der Waals surface area contributed by atoms with Crippen LogP contribution in [-0.2, 0) is 6.54 Å². The van der Waals surface area contributed by atoms with E-state index in [0.717, 1.165) is 11.3 Å². The second-order valence-corrected chi connectivity index (χ2v) is 4.68. The molecule has 5 nitrogen and oxygen atoms in total. The number of aromatic hydroxyl groups is 1. The van der Waals surface area contributed by atoms with Crippen molar-refractivity contribution in [2.24, 2.45) is 0 Å². The molecule has 2 aromatic rings. The fourth-order valence-electron chi connectivity index (χ4n) is 2.02. The lowest BCUT2D eigenvalue weighted by molar-refractivity contribution is 0.0697. The molecule has 0 amide bonds. The zero-order chi connectivity index (χ0) is 15.4. The molecule has 0 saturated heterocycles. The second kappa shape index (κ2) is 6.17. The third-order valence-corrected chi connectivity index (χ3v) is 3.23. The number of phenols is 1. The first-order chi connectivity index (χ1) is 10.0. The molecule has 110 valence electrons. The van der Waals surface area contributed by atoms with Gasteiger partial charge in [-0.25, -0.2) is 4.79 Å². The van der Waals surface area contributed by atoms with Crippen LogP contribution >= 0.6 is 0 Å². The van der Waals surface area contributed by atoms with Crippen molar-refractivity contribution in [2.75, 3.05) is 12.4 Å². The molecule has 2 rings (SSSR count). The molecule has 0 heterocycles.